The van der Waals surface area contributed by atoms with Gasteiger partial charge in [-0.05, 0) is 35.4 Å². The van der Waals surface area contributed by atoms with Gasteiger partial charge in [0.2, 0.25) is 0 Å². The summed E-state index contributed by atoms with van der Waals surface area (Å²) in [4.78, 5) is 0. The highest BCUT2D eigenvalue weighted by Crippen LogP contribution is 2.31. The predicted molar refractivity (Wildman–Crippen MR) is 71.9 cm³/mol. The maximum Gasteiger partial charge on any atom is 0.139 e. The van der Waals surface area contributed by atoms with Gasteiger partial charge in [0.15, 0.2) is 0 Å². The van der Waals surface area contributed by atoms with Crippen LogP contribution in [0.25, 0.3) is 11.1 Å². The summed E-state index contributed by atoms with van der Waals surface area (Å²) in [5.74, 6) is 0.0883. The molecule has 17 heavy (non-hydrogen) atoms. The number of benzene rings is 2. The van der Waals surface area contributed by atoms with Crippen molar-refractivity contribution in [2.75, 3.05) is 23.8 Å². The molecule has 0 aliphatic rings. The summed E-state index contributed by atoms with van der Waals surface area (Å²) in [5.41, 5.74) is 15.2. The van der Waals surface area contributed by atoms with Crippen molar-refractivity contribution in [3.63, 3.8) is 0 Å². The molecule has 4 nitrogen and oxygen atoms in total. The molecule has 2 aromatic rings. The summed E-state index contributed by atoms with van der Waals surface area (Å²) in [5, 5.41) is 12.6. The highest BCUT2D eigenvalue weighted by Gasteiger charge is 2.04. The normalized spacial score (nSPS) is 10.2. The molecule has 2 aromatic carbocycles. The topological polar surface area (TPSA) is 84.3 Å². The van der Waals surface area contributed by atoms with E-state index in [1.807, 2.05) is 31.3 Å². The van der Waals surface area contributed by atoms with Crippen LogP contribution >= 0.6 is 0 Å². The Balaban J connectivity index is 2.49. The third kappa shape index (κ3) is 2.10. The lowest BCUT2D eigenvalue weighted by Gasteiger charge is -2.09. The van der Waals surface area contributed by atoms with Crippen LogP contribution in [0.5, 0.6) is 5.75 Å². The zero-order valence-corrected chi connectivity index (χ0v) is 9.57. The number of hydrogen-bond donors (Lipinski definition) is 4. The lowest BCUT2D eigenvalue weighted by molar-refractivity contribution is 0.478. The molecule has 2 rings (SSSR count). The molecule has 0 radical (unpaired) electrons. The highest BCUT2D eigenvalue weighted by atomic mass is 16.3. The molecule has 6 N–H and O–H groups in total. The van der Waals surface area contributed by atoms with E-state index >= 15 is 0 Å². The van der Waals surface area contributed by atoms with Gasteiger partial charge in [0, 0.05) is 7.05 Å². The van der Waals surface area contributed by atoms with Gasteiger partial charge >= 0.3 is 0 Å². The van der Waals surface area contributed by atoms with E-state index in [1.54, 1.807) is 12.1 Å². The van der Waals surface area contributed by atoms with Crippen molar-refractivity contribution < 1.29 is 5.11 Å². The fourth-order valence-electron chi connectivity index (χ4n) is 1.68. The molecule has 0 aromatic heterocycles. The Bertz CT molecular complexity index is 552. The first kappa shape index (κ1) is 11.1. The van der Waals surface area contributed by atoms with Gasteiger partial charge in [-0.1, -0.05) is 12.1 Å². The first-order chi connectivity index (χ1) is 8.11. The lowest BCUT2D eigenvalue weighted by Crippen LogP contribution is -1.95. The van der Waals surface area contributed by atoms with Crippen molar-refractivity contribution in [3.8, 4) is 16.9 Å². The lowest BCUT2D eigenvalue weighted by atomic mass is 10.0. The van der Waals surface area contributed by atoms with Crippen molar-refractivity contribution in [1.29, 1.82) is 0 Å². The van der Waals surface area contributed by atoms with Crippen LogP contribution in [0.3, 0.4) is 0 Å². The maximum absolute atomic E-state index is 9.58. The summed E-state index contributed by atoms with van der Waals surface area (Å²) < 4.78 is 0. The monoisotopic (exact) mass is 229 g/mol. The highest BCUT2D eigenvalue weighted by molar-refractivity contribution is 5.77. The molecule has 0 amide bonds. The van der Waals surface area contributed by atoms with Crippen LogP contribution in [-0.4, -0.2) is 12.2 Å². The summed E-state index contributed by atoms with van der Waals surface area (Å²) in [6.45, 7) is 0. The fraction of sp³-hybridized carbons (Fsp3) is 0.0769. The van der Waals surface area contributed by atoms with Crippen molar-refractivity contribution in [3.05, 3.63) is 36.4 Å². The Hall–Kier alpha value is -2.36. The minimum atomic E-state index is 0.0883. The Morgan fingerprint density at radius 1 is 0.941 bits per heavy atom. The van der Waals surface area contributed by atoms with E-state index < -0.39 is 0 Å². The number of nitrogens with two attached hydrogens (primary N) is 2. The molecule has 0 heterocycles. The molecule has 0 fully saturated rings. The molecular weight excluding hydrogens is 214 g/mol. The van der Waals surface area contributed by atoms with Gasteiger partial charge in [-0.2, -0.15) is 0 Å². The molecule has 4 heteroatoms. The molecule has 0 unspecified atom stereocenters. The third-order valence-corrected chi connectivity index (χ3v) is 2.69. The second kappa shape index (κ2) is 4.25. The van der Waals surface area contributed by atoms with Crippen LogP contribution < -0.4 is 16.8 Å². The average molecular weight is 229 g/mol. The Morgan fingerprint density at radius 2 is 1.53 bits per heavy atom. The Kier molecular flexibility index (Phi) is 2.78. The number of hydrogen-bond acceptors (Lipinski definition) is 4. The molecule has 0 aliphatic heterocycles. The summed E-state index contributed by atoms with van der Waals surface area (Å²) in [7, 11) is 1.82. The quantitative estimate of drug-likeness (QED) is 0.470. The smallest absolute Gasteiger partial charge is 0.139 e. The van der Waals surface area contributed by atoms with E-state index in [9.17, 15) is 5.11 Å². The average Bonchev–Trinajstić information content (AvgIpc) is 2.33. The number of phenols is 1. The Labute approximate surface area is 99.9 Å². The number of nitrogens with one attached hydrogen (secondary N) is 1. The zero-order chi connectivity index (χ0) is 12.4. The van der Waals surface area contributed by atoms with Gasteiger partial charge in [0.1, 0.15) is 5.75 Å². The van der Waals surface area contributed by atoms with Crippen LogP contribution in [0.1, 0.15) is 0 Å². The summed E-state index contributed by atoms with van der Waals surface area (Å²) >= 11 is 0. The minimum Gasteiger partial charge on any atom is -0.506 e. The molecule has 0 spiro atoms. The van der Waals surface area contributed by atoms with E-state index in [0.717, 1.165) is 16.8 Å². The van der Waals surface area contributed by atoms with Crippen molar-refractivity contribution in [2.45, 2.75) is 0 Å². The second-order valence-corrected chi connectivity index (χ2v) is 3.83. The second-order valence-electron chi connectivity index (χ2n) is 3.83. The first-order valence-corrected chi connectivity index (χ1v) is 5.28. The van der Waals surface area contributed by atoms with Crippen LogP contribution in [0.2, 0.25) is 0 Å². The van der Waals surface area contributed by atoms with Gasteiger partial charge in [-0.25, -0.2) is 0 Å². The molecular formula is C13H15N3O. The molecule has 0 aliphatic carbocycles. The van der Waals surface area contributed by atoms with Crippen LogP contribution in [-0.2, 0) is 0 Å². The van der Waals surface area contributed by atoms with E-state index in [4.69, 9.17) is 11.5 Å². The standard InChI is InChI=1S/C13H15N3O/c1-16-12-6-8(2-4-10(12)14)9-3-5-11(15)13(17)7-9/h2-7,16-17H,14-15H2,1H3. The number of rotatable bonds is 2. The molecule has 0 bridgehead atoms. The van der Waals surface area contributed by atoms with Gasteiger partial charge in [0.05, 0.1) is 17.1 Å². The van der Waals surface area contributed by atoms with Gasteiger partial charge < -0.3 is 21.9 Å². The largest absolute Gasteiger partial charge is 0.506 e. The van der Waals surface area contributed by atoms with Crippen LogP contribution in [0, 0.1) is 0 Å². The van der Waals surface area contributed by atoms with Gasteiger partial charge in [-0.15, -0.1) is 0 Å². The number of phenolic OH excluding ortho intramolecular Hbond substituents is 1. The first-order valence-electron chi connectivity index (χ1n) is 5.28. The molecule has 0 atom stereocenters. The fourth-order valence-corrected chi connectivity index (χ4v) is 1.68. The summed E-state index contributed by atoms with van der Waals surface area (Å²) in [6.07, 6.45) is 0. The SMILES string of the molecule is CNc1cc(-c2ccc(N)c(O)c2)ccc1N. The van der Waals surface area contributed by atoms with E-state index in [1.165, 1.54) is 0 Å². The van der Waals surface area contributed by atoms with E-state index in [-0.39, 0.29) is 5.75 Å². The van der Waals surface area contributed by atoms with Crippen LogP contribution in [0.4, 0.5) is 17.1 Å². The maximum atomic E-state index is 9.58. The molecule has 0 saturated heterocycles. The summed E-state index contributed by atoms with van der Waals surface area (Å²) in [6, 6.07) is 10.8. The van der Waals surface area contributed by atoms with E-state index in [0.29, 0.717) is 11.4 Å². The zero-order valence-electron chi connectivity index (χ0n) is 9.57. The van der Waals surface area contributed by atoms with Crippen molar-refractivity contribution in [2.24, 2.45) is 0 Å². The number of aromatic hydroxyl groups is 1. The van der Waals surface area contributed by atoms with Gasteiger partial charge in [0.25, 0.3) is 0 Å². The number of nitrogen functional groups attached to an aromatic ring is 2. The third-order valence-electron chi connectivity index (χ3n) is 2.69. The van der Waals surface area contributed by atoms with Crippen molar-refractivity contribution >= 4 is 17.1 Å². The van der Waals surface area contributed by atoms with Gasteiger partial charge in [-0.3, -0.25) is 0 Å². The van der Waals surface area contributed by atoms with E-state index in [2.05, 4.69) is 5.32 Å². The Morgan fingerprint density at radius 3 is 2.12 bits per heavy atom. The van der Waals surface area contributed by atoms with Crippen LogP contribution in [0.15, 0.2) is 36.4 Å². The number of anilines is 3. The van der Waals surface area contributed by atoms with Crippen molar-refractivity contribution in [1.82, 2.24) is 0 Å². The molecule has 88 valence electrons. The minimum absolute atomic E-state index is 0.0883. The predicted octanol–water partition coefficient (Wildman–Crippen LogP) is 2.27. The molecule has 0 saturated carbocycles.